The van der Waals surface area contributed by atoms with Gasteiger partial charge in [0.2, 0.25) is 0 Å². The van der Waals surface area contributed by atoms with Gasteiger partial charge >= 0.3 is 0 Å². The lowest BCUT2D eigenvalue weighted by molar-refractivity contribution is 0.632. The van der Waals surface area contributed by atoms with Crippen LogP contribution in [0.1, 0.15) is 5.56 Å². The lowest BCUT2D eigenvalue weighted by atomic mass is 10.2. The highest BCUT2D eigenvalue weighted by molar-refractivity contribution is 7.80. The molecule has 0 aliphatic heterocycles. The minimum atomic E-state index is -0.419. The van der Waals surface area contributed by atoms with E-state index in [4.69, 9.17) is 29.6 Å². The van der Waals surface area contributed by atoms with Crippen LogP contribution < -0.4 is 11.1 Å². The fourth-order valence-corrected chi connectivity index (χ4v) is 1.80. The first kappa shape index (κ1) is 12.7. The number of halogens is 2. The van der Waals surface area contributed by atoms with Gasteiger partial charge in [-0.05, 0) is 24.3 Å². The number of pyridine rings is 1. The number of rotatable bonds is 3. The van der Waals surface area contributed by atoms with Crippen LogP contribution in [0.2, 0.25) is 5.02 Å². The Balaban J connectivity index is 2.40. The molecule has 3 N–H and O–H groups in total. The largest absolute Gasteiger partial charge is 0.389 e. The predicted molar refractivity (Wildman–Crippen MR) is 74.8 cm³/mol. The topological polar surface area (TPSA) is 50.9 Å². The molecule has 0 fully saturated rings. The summed E-state index contributed by atoms with van der Waals surface area (Å²) >= 11 is 10.7. The average molecular weight is 282 g/mol. The zero-order valence-corrected chi connectivity index (χ0v) is 10.7. The molecule has 92 valence electrons. The molecule has 0 amide bonds. The second kappa shape index (κ2) is 5.29. The average Bonchev–Trinajstić information content (AvgIpc) is 2.34. The summed E-state index contributed by atoms with van der Waals surface area (Å²) in [5.74, 6) is -0.419. The van der Waals surface area contributed by atoms with Crippen LogP contribution in [0.25, 0.3) is 0 Å². The van der Waals surface area contributed by atoms with E-state index in [-0.39, 0.29) is 10.7 Å². The molecule has 0 unspecified atom stereocenters. The van der Waals surface area contributed by atoms with Gasteiger partial charge < -0.3 is 11.1 Å². The van der Waals surface area contributed by atoms with Crippen LogP contribution >= 0.6 is 23.8 Å². The Morgan fingerprint density at radius 3 is 2.83 bits per heavy atom. The van der Waals surface area contributed by atoms with Crippen LogP contribution in [0.5, 0.6) is 0 Å². The first-order valence-corrected chi connectivity index (χ1v) is 5.82. The number of nitrogens with zero attached hydrogens (tertiary/aromatic N) is 1. The van der Waals surface area contributed by atoms with Gasteiger partial charge in [-0.15, -0.1) is 0 Å². The summed E-state index contributed by atoms with van der Waals surface area (Å²) in [6.45, 7) is 0. The maximum atomic E-state index is 13.6. The number of nitrogens with one attached hydrogen (secondary N) is 1. The van der Waals surface area contributed by atoms with Crippen molar-refractivity contribution in [3.63, 3.8) is 0 Å². The standard InChI is InChI=1S/C12H9ClFN3S/c13-7-1-2-9(14)10(5-7)17-11-6-16-4-3-8(11)12(15)18/h1-6,17H,(H2,15,18). The van der Waals surface area contributed by atoms with Gasteiger partial charge in [-0.1, -0.05) is 23.8 Å². The van der Waals surface area contributed by atoms with E-state index in [0.717, 1.165) is 0 Å². The monoisotopic (exact) mass is 281 g/mol. The van der Waals surface area contributed by atoms with Crippen LogP contribution in [0.4, 0.5) is 15.8 Å². The maximum Gasteiger partial charge on any atom is 0.146 e. The predicted octanol–water partition coefficient (Wildman–Crippen LogP) is 3.25. The van der Waals surface area contributed by atoms with Crippen molar-refractivity contribution in [2.45, 2.75) is 0 Å². The van der Waals surface area contributed by atoms with Crippen molar-refractivity contribution in [3.8, 4) is 0 Å². The molecule has 0 bridgehead atoms. The fraction of sp³-hybridized carbons (Fsp3) is 0. The molecule has 0 radical (unpaired) electrons. The molecule has 18 heavy (non-hydrogen) atoms. The molecule has 1 aromatic carbocycles. The summed E-state index contributed by atoms with van der Waals surface area (Å²) in [6.07, 6.45) is 3.09. The smallest absolute Gasteiger partial charge is 0.146 e. The van der Waals surface area contributed by atoms with Crippen molar-refractivity contribution >= 4 is 40.2 Å². The van der Waals surface area contributed by atoms with Gasteiger partial charge in [0.1, 0.15) is 10.8 Å². The third-order valence-electron chi connectivity index (χ3n) is 2.28. The van der Waals surface area contributed by atoms with Crippen molar-refractivity contribution in [1.29, 1.82) is 0 Å². The quantitative estimate of drug-likeness (QED) is 0.848. The minimum absolute atomic E-state index is 0.210. The van der Waals surface area contributed by atoms with E-state index >= 15 is 0 Å². The van der Waals surface area contributed by atoms with Gasteiger partial charge in [-0.25, -0.2) is 4.39 Å². The van der Waals surface area contributed by atoms with Crippen LogP contribution in [0.15, 0.2) is 36.7 Å². The third-order valence-corrected chi connectivity index (χ3v) is 2.74. The SMILES string of the molecule is NC(=S)c1ccncc1Nc1cc(Cl)ccc1F. The van der Waals surface area contributed by atoms with Crippen molar-refractivity contribution in [2.75, 3.05) is 5.32 Å². The second-order valence-electron chi connectivity index (χ2n) is 3.53. The van der Waals surface area contributed by atoms with E-state index in [0.29, 0.717) is 16.3 Å². The number of thiocarbonyl (C=S) groups is 1. The first-order valence-electron chi connectivity index (χ1n) is 5.04. The molecule has 1 aromatic heterocycles. The molecular formula is C12H9ClFN3S. The number of anilines is 2. The van der Waals surface area contributed by atoms with Gasteiger partial charge in [0, 0.05) is 16.8 Å². The first-order chi connectivity index (χ1) is 8.58. The van der Waals surface area contributed by atoms with Gasteiger partial charge in [0.25, 0.3) is 0 Å². The zero-order chi connectivity index (χ0) is 13.1. The Hall–Kier alpha value is -1.72. The second-order valence-corrected chi connectivity index (χ2v) is 4.41. The normalized spacial score (nSPS) is 10.1. The van der Waals surface area contributed by atoms with Crippen LogP contribution in [-0.4, -0.2) is 9.97 Å². The number of hydrogen-bond donors (Lipinski definition) is 2. The Morgan fingerprint density at radius 1 is 1.33 bits per heavy atom. The number of nitrogens with two attached hydrogens (primary N) is 1. The summed E-state index contributed by atoms with van der Waals surface area (Å²) in [4.78, 5) is 4.15. The van der Waals surface area contributed by atoms with E-state index in [1.54, 1.807) is 12.3 Å². The zero-order valence-electron chi connectivity index (χ0n) is 9.15. The molecule has 2 rings (SSSR count). The van der Waals surface area contributed by atoms with E-state index in [1.165, 1.54) is 24.4 Å². The summed E-state index contributed by atoms with van der Waals surface area (Å²) < 4.78 is 13.6. The van der Waals surface area contributed by atoms with Crippen LogP contribution in [-0.2, 0) is 0 Å². The van der Waals surface area contributed by atoms with Crippen molar-refractivity contribution in [2.24, 2.45) is 5.73 Å². The van der Waals surface area contributed by atoms with Crippen LogP contribution in [0.3, 0.4) is 0 Å². The minimum Gasteiger partial charge on any atom is -0.389 e. The third kappa shape index (κ3) is 2.75. The molecule has 0 saturated heterocycles. The van der Waals surface area contributed by atoms with Gasteiger partial charge in [-0.2, -0.15) is 0 Å². The molecule has 1 heterocycles. The van der Waals surface area contributed by atoms with Crippen molar-refractivity contribution in [1.82, 2.24) is 4.98 Å². The highest BCUT2D eigenvalue weighted by Crippen LogP contribution is 2.25. The Bertz CT molecular complexity index is 604. The summed E-state index contributed by atoms with van der Waals surface area (Å²) in [5, 5.41) is 3.30. The highest BCUT2D eigenvalue weighted by atomic mass is 35.5. The van der Waals surface area contributed by atoms with Gasteiger partial charge in [0.15, 0.2) is 0 Å². The van der Waals surface area contributed by atoms with E-state index in [2.05, 4.69) is 10.3 Å². The molecule has 3 nitrogen and oxygen atoms in total. The molecule has 0 atom stereocenters. The Kier molecular flexibility index (Phi) is 3.74. The molecule has 0 aliphatic rings. The highest BCUT2D eigenvalue weighted by Gasteiger charge is 2.08. The Labute approximate surface area is 114 Å². The molecule has 2 aromatic rings. The van der Waals surface area contributed by atoms with Crippen LogP contribution in [0, 0.1) is 5.82 Å². The summed E-state index contributed by atoms with van der Waals surface area (Å²) in [6, 6.07) is 5.89. The molecule has 0 spiro atoms. The van der Waals surface area contributed by atoms with Gasteiger partial charge in [0.05, 0.1) is 17.6 Å². The number of benzene rings is 1. The number of hydrogen-bond acceptors (Lipinski definition) is 3. The maximum absolute atomic E-state index is 13.6. The summed E-state index contributed by atoms with van der Waals surface area (Å²) in [7, 11) is 0. The molecular weight excluding hydrogens is 273 g/mol. The van der Waals surface area contributed by atoms with E-state index in [1.807, 2.05) is 0 Å². The molecule has 0 saturated carbocycles. The molecule has 6 heteroatoms. The Morgan fingerprint density at radius 2 is 2.11 bits per heavy atom. The summed E-state index contributed by atoms with van der Waals surface area (Å²) in [5.41, 5.74) is 6.95. The van der Waals surface area contributed by atoms with Gasteiger partial charge in [-0.3, -0.25) is 4.98 Å². The van der Waals surface area contributed by atoms with Crippen molar-refractivity contribution in [3.05, 3.63) is 53.1 Å². The lowest BCUT2D eigenvalue weighted by Gasteiger charge is -2.11. The molecule has 0 aliphatic carbocycles. The van der Waals surface area contributed by atoms with E-state index in [9.17, 15) is 4.39 Å². The number of aromatic nitrogens is 1. The lowest BCUT2D eigenvalue weighted by Crippen LogP contribution is -2.12. The fourth-order valence-electron chi connectivity index (χ4n) is 1.45. The van der Waals surface area contributed by atoms with E-state index < -0.39 is 5.82 Å². The van der Waals surface area contributed by atoms with Crippen molar-refractivity contribution < 1.29 is 4.39 Å².